The van der Waals surface area contributed by atoms with Crippen LogP contribution >= 0.6 is 0 Å². The predicted molar refractivity (Wildman–Crippen MR) is 130 cm³/mol. The number of hydrogen-bond acceptors (Lipinski definition) is 7. The van der Waals surface area contributed by atoms with E-state index in [9.17, 15) is 9.18 Å². The van der Waals surface area contributed by atoms with Crippen LogP contribution < -0.4 is 10.2 Å². The topological polar surface area (TPSA) is 97.8 Å². The summed E-state index contributed by atoms with van der Waals surface area (Å²) in [5.74, 6) is 0.142. The minimum Gasteiger partial charge on any atom is -0.381 e. The van der Waals surface area contributed by atoms with Crippen molar-refractivity contribution in [2.45, 2.75) is 31.9 Å². The van der Waals surface area contributed by atoms with E-state index in [2.05, 4.69) is 25.5 Å². The molecule has 7 rings (SSSR count). The second kappa shape index (κ2) is 7.86. The van der Waals surface area contributed by atoms with Crippen LogP contribution in [0.5, 0.6) is 0 Å². The van der Waals surface area contributed by atoms with Crippen LogP contribution in [0, 0.1) is 12.3 Å². The highest BCUT2D eigenvalue weighted by Crippen LogP contribution is 2.43. The van der Waals surface area contributed by atoms with Crippen molar-refractivity contribution >= 4 is 22.8 Å². The molecule has 2 aliphatic heterocycles. The summed E-state index contributed by atoms with van der Waals surface area (Å²) in [6.07, 6.45) is 4.10. The van der Waals surface area contributed by atoms with Crippen molar-refractivity contribution in [3.8, 4) is 11.4 Å². The molecule has 0 bridgehead atoms. The molecule has 0 unspecified atom stereocenters. The lowest BCUT2D eigenvalue weighted by Crippen LogP contribution is -2.57. The fraction of sp³-hybridized carbons (Fsp3) is 0.385. The fourth-order valence-corrected chi connectivity index (χ4v) is 5.19. The third-order valence-corrected chi connectivity index (χ3v) is 7.57. The third-order valence-electron chi connectivity index (χ3n) is 7.57. The molecule has 1 aliphatic carbocycles. The molecule has 4 aromatic rings. The first kappa shape index (κ1) is 21.5. The highest BCUT2D eigenvalue weighted by Gasteiger charge is 2.46. The van der Waals surface area contributed by atoms with E-state index in [0.717, 1.165) is 49.5 Å². The molecule has 1 amide bonds. The number of fused-ring (bicyclic) bond motifs is 1. The number of carbonyl (C=O) groups is 1. The Hall–Kier alpha value is -3.79. The van der Waals surface area contributed by atoms with Gasteiger partial charge in [0.15, 0.2) is 0 Å². The van der Waals surface area contributed by atoms with Gasteiger partial charge in [-0.2, -0.15) is 10.1 Å². The summed E-state index contributed by atoms with van der Waals surface area (Å²) in [6.45, 7) is 5.52. The monoisotopic (exact) mass is 488 g/mol. The molecule has 1 N–H and O–H groups in total. The van der Waals surface area contributed by atoms with Crippen molar-refractivity contribution in [3.63, 3.8) is 0 Å². The molecule has 1 aromatic carbocycles. The number of nitrogens with zero attached hydrogens (tertiary/aromatic N) is 5. The molecule has 184 valence electrons. The first-order valence-corrected chi connectivity index (χ1v) is 12.2. The van der Waals surface area contributed by atoms with E-state index in [4.69, 9.17) is 9.26 Å². The Labute approximate surface area is 206 Å². The van der Waals surface area contributed by atoms with Crippen LogP contribution in [-0.4, -0.2) is 58.1 Å². The van der Waals surface area contributed by atoms with Crippen molar-refractivity contribution in [2.24, 2.45) is 5.41 Å². The Morgan fingerprint density at radius 3 is 2.89 bits per heavy atom. The van der Waals surface area contributed by atoms with Crippen LogP contribution in [-0.2, 0) is 4.74 Å². The van der Waals surface area contributed by atoms with Gasteiger partial charge >= 0.3 is 0 Å². The summed E-state index contributed by atoms with van der Waals surface area (Å²) < 4.78 is 25.9. The van der Waals surface area contributed by atoms with Crippen LogP contribution in [0.1, 0.15) is 40.6 Å². The highest BCUT2D eigenvalue weighted by molar-refractivity contribution is 6.09. The first-order chi connectivity index (χ1) is 17.5. The summed E-state index contributed by atoms with van der Waals surface area (Å²) >= 11 is 0. The number of benzene rings is 1. The van der Waals surface area contributed by atoms with Crippen LogP contribution in [0.3, 0.4) is 0 Å². The largest absolute Gasteiger partial charge is 0.381 e. The summed E-state index contributed by atoms with van der Waals surface area (Å²) in [5.41, 5.74) is 4.81. The van der Waals surface area contributed by atoms with E-state index in [-0.39, 0.29) is 17.2 Å². The number of amides is 1. The molecule has 2 atom stereocenters. The number of aryl methyl sites for hydroxylation is 1. The van der Waals surface area contributed by atoms with E-state index in [1.807, 2.05) is 43.5 Å². The molecule has 1 spiro atoms. The second-order valence-electron chi connectivity index (χ2n) is 10.2. The highest BCUT2D eigenvalue weighted by atomic mass is 19.1. The summed E-state index contributed by atoms with van der Waals surface area (Å²) in [7, 11) is 0. The zero-order chi connectivity index (χ0) is 24.4. The zero-order valence-electron chi connectivity index (χ0n) is 19.8. The molecule has 3 aliphatic rings. The van der Waals surface area contributed by atoms with Gasteiger partial charge in [-0.15, -0.1) is 0 Å². The van der Waals surface area contributed by atoms with Gasteiger partial charge in [0, 0.05) is 48.2 Å². The number of ether oxygens (including phenoxy) is 1. The smallest absolute Gasteiger partial charge is 0.259 e. The average Bonchev–Trinajstić information content (AvgIpc) is 3.31. The molecule has 5 heterocycles. The Bertz CT molecular complexity index is 1480. The average molecular weight is 489 g/mol. The predicted octanol–water partition coefficient (Wildman–Crippen LogP) is 4.00. The molecule has 10 heteroatoms. The first-order valence-electron chi connectivity index (χ1n) is 12.2. The Morgan fingerprint density at radius 1 is 1.25 bits per heavy atom. The van der Waals surface area contributed by atoms with Crippen molar-refractivity contribution in [2.75, 3.05) is 36.5 Å². The Balaban J connectivity index is 1.12. The quantitative estimate of drug-likeness (QED) is 0.454. The normalized spacial score (nSPS) is 22.2. The molecular weight excluding hydrogens is 463 g/mol. The van der Waals surface area contributed by atoms with Crippen LogP contribution in [0.2, 0.25) is 0 Å². The third kappa shape index (κ3) is 3.55. The van der Waals surface area contributed by atoms with Gasteiger partial charge in [-0.05, 0) is 43.5 Å². The summed E-state index contributed by atoms with van der Waals surface area (Å²) in [6, 6.07) is 9.60. The van der Waals surface area contributed by atoms with Gasteiger partial charge < -0.3 is 19.5 Å². The van der Waals surface area contributed by atoms with Gasteiger partial charge in [0.1, 0.15) is 6.17 Å². The molecule has 2 saturated heterocycles. The lowest BCUT2D eigenvalue weighted by Gasteiger charge is -2.48. The number of alkyl halides is 1. The van der Waals surface area contributed by atoms with Crippen LogP contribution in [0.25, 0.3) is 16.9 Å². The number of anilines is 2. The minimum absolute atomic E-state index is 0.251. The van der Waals surface area contributed by atoms with E-state index in [0.29, 0.717) is 35.0 Å². The number of aromatic nitrogens is 4. The zero-order valence-corrected chi connectivity index (χ0v) is 19.8. The van der Waals surface area contributed by atoms with Crippen LogP contribution in [0.4, 0.5) is 15.8 Å². The number of halogens is 1. The number of pyridine rings is 1. The maximum Gasteiger partial charge on any atom is 0.259 e. The fourth-order valence-electron chi connectivity index (χ4n) is 5.19. The lowest BCUT2D eigenvalue weighted by molar-refractivity contribution is 0.102. The summed E-state index contributed by atoms with van der Waals surface area (Å²) in [4.78, 5) is 20.0. The van der Waals surface area contributed by atoms with Gasteiger partial charge in [-0.3, -0.25) is 4.79 Å². The van der Waals surface area contributed by atoms with Gasteiger partial charge in [-0.1, -0.05) is 17.3 Å². The Kier molecular flexibility index (Phi) is 4.69. The maximum absolute atomic E-state index is 13.4. The lowest BCUT2D eigenvalue weighted by atomic mass is 9.79. The van der Waals surface area contributed by atoms with E-state index >= 15 is 0 Å². The molecule has 36 heavy (non-hydrogen) atoms. The Morgan fingerprint density at radius 2 is 2.11 bits per heavy atom. The number of carbonyl (C=O) groups excluding carboxylic acids is 1. The van der Waals surface area contributed by atoms with Crippen molar-refractivity contribution in [3.05, 3.63) is 59.7 Å². The van der Waals surface area contributed by atoms with E-state index in [1.54, 1.807) is 10.7 Å². The number of nitrogens with one attached hydrogen (secondary N) is 1. The van der Waals surface area contributed by atoms with E-state index in [1.165, 1.54) is 0 Å². The van der Waals surface area contributed by atoms with Crippen molar-refractivity contribution < 1.29 is 18.4 Å². The minimum atomic E-state index is -0.906. The maximum atomic E-state index is 13.4. The molecule has 9 nitrogen and oxygen atoms in total. The molecule has 0 radical (unpaired) electrons. The van der Waals surface area contributed by atoms with E-state index < -0.39 is 6.17 Å². The van der Waals surface area contributed by atoms with Crippen LogP contribution in [0.15, 0.2) is 47.2 Å². The second-order valence-corrected chi connectivity index (χ2v) is 10.2. The standard InChI is InChI=1S/C26H25FN6O3/c1-15-2-3-16(23-30-25(36-31-23)18-10-20(18)27)8-21(15)29-24(34)19-11-28-33-6-4-17(9-22(19)33)32-12-26(13-32)5-7-35-14-26/h2-4,6,8-9,11,18,20H,5,7,10,12-14H2,1H3,(H,29,34)/t18-,20-/m0/s1. The van der Waals surface area contributed by atoms with Crippen molar-refractivity contribution in [1.29, 1.82) is 0 Å². The number of rotatable bonds is 5. The summed E-state index contributed by atoms with van der Waals surface area (Å²) in [5, 5.41) is 11.4. The molecular formula is C26H25FN6O3. The molecule has 3 fully saturated rings. The molecule has 3 aromatic heterocycles. The SMILES string of the molecule is Cc1ccc(-c2noc([C@H]3C[C@@H]3F)n2)cc1NC(=O)c1cnn2ccc(N3CC4(CCOC4)C3)cc12. The number of hydrogen-bond donors (Lipinski definition) is 1. The van der Waals surface area contributed by atoms with Gasteiger partial charge in [0.2, 0.25) is 11.7 Å². The van der Waals surface area contributed by atoms with Crippen molar-refractivity contribution in [1.82, 2.24) is 19.8 Å². The van der Waals surface area contributed by atoms with Gasteiger partial charge in [0.25, 0.3) is 5.91 Å². The molecule has 1 saturated carbocycles. The van der Waals surface area contributed by atoms with Gasteiger partial charge in [0.05, 0.1) is 29.8 Å². The van der Waals surface area contributed by atoms with Gasteiger partial charge in [-0.25, -0.2) is 8.91 Å².